The molecule has 0 saturated heterocycles. The fraction of sp³-hybridized carbons (Fsp3) is 0.588. The minimum atomic E-state index is 0.213. The zero-order valence-corrected chi connectivity index (χ0v) is 14.2. The van der Waals surface area contributed by atoms with E-state index in [1.165, 1.54) is 5.56 Å². The maximum atomic E-state index is 5.89. The van der Waals surface area contributed by atoms with Gasteiger partial charge in [0.25, 0.3) is 0 Å². The summed E-state index contributed by atoms with van der Waals surface area (Å²) in [6.45, 7) is 6.72. The molecule has 0 aliphatic carbocycles. The van der Waals surface area contributed by atoms with E-state index < -0.39 is 0 Å². The quantitative estimate of drug-likeness (QED) is 0.434. The molecule has 0 spiro atoms. The van der Waals surface area contributed by atoms with E-state index >= 15 is 0 Å². The molecule has 128 valence electrons. The number of rotatable bonds is 8. The van der Waals surface area contributed by atoms with Crippen molar-refractivity contribution in [1.82, 2.24) is 5.32 Å². The molecule has 1 atom stereocenters. The second-order valence-electron chi connectivity index (χ2n) is 5.58. The first-order valence-corrected chi connectivity index (χ1v) is 8.12. The first-order chi connectivity index (χ1) is 11.1. The van der Waals surface area contributed by atoms with Gasteiger partial charge in [0.05, 0.1) is 13.7 Å². The fourth-order valence-electron chi connectivity index (χ4n) is 2.56. The van der Waals surface area contributed by atoms with Crippen LogP contribution in [0.2, 0.25) is 0 Å². The van der Waals surface area contributed by atoms with E-state index in [2.05, 4.69) is 17.2 Å². The highest BCUT2D eigenvalue weighted by atomic mass is 16.5. The van der Waals surface area contributed by atoms with Gasteiger partial charge in [-0.15, -0.1) is 0 Å². The van der Waals surface area contributed by atoms with Gasteiger partial charge >= 0.3 is 0 Å². The van der Waals surface area contributed by atoms with Crippen LogP contribution < -0.4 is 20.5 Å². The molecule has 0 radical (unpaired) electrons. The highest BCUT2D eigenvalue weighted by Gasteiger charge is 2.21. The van der Waals surface area contributed by atoms with Crippen LogP contribution in [0.1, 0.15) is 31.4 Å². The van der Waals surface area contributed by atoms with E-state index in [9.17, 15) is 0 Å². The molecule has 6 heteroatoms. The molecule has 2 rings (SSSR count). The van der Waals surface area contributed by atoms with Crippen LogP contribution in [0, 0.1) is 0 Å². The van der Waals surface area contributed by atoms with Gasteiger partial charge in [0.1, 0.15) is 17.6 Å². The van der Waals surface area contributed by atoms with Crippen LogP contribution >= 0.6 is 0 Å². The molecule has 3 N–H and O–H groups in total. The van der Waals surface area contributed by atoms with Crippen molar-refractivity contribution in [1.29, 1.82) is 0 Å². The Balaban J connectivity index is 1.92. The van der Waals surface area contributed by atoms with Gasteiger partial charge in [0.2, 0.25) is 0 Å². The topological polar surface area (TPSA) is 78.1 Å². The van der Waals surface area contributed by atoms with Crippen LogP contribution in [0.3, 0.4) is 0 Å². The second-order valence-corrected chi connectivity index (χ2v) is 5.58. The van der Waals surface area contributed by atoms with E-state index in [0.29, 0.717) is 12.5 Å². The lowest BCUT2D eigenvalue weighted by molar-refractivity contribution is 0.145. The van der Waals surface area contributed by atoms with Crippen molar-refractivity contribution in [3.05, 3.63) is 23.3 Å². The third-order valence-corrected chi connectivity index (χ3v) is 3.69. The summed E-state index contributed by atoms with van der Waals surface area (Å²) < 4.78 is 16.5. The number of hydrogen-bond acceptors (Lipinski definition) is 4. The summed E-state index contributed by atoms with van der Waals surface area (Å²) in [6, 6.07) is 4.04. The molecule has 0 saturated carbocycles. The molecule has 0 amide bonds. The summed E-state index contributed by atoms with van der Waals surface area (Å²) >= 11 is 0. The van der Waals surface area contributed by atoms with Crippen LogP contribution in [0.5, 0.6) is 11.5 Å². The predicted molar refractivity (Wildman–Crippen MR) is 91.2 cm³/mol. The van der Waals surface area contributed by atoms with E-state index in [0.717, 1.165) is 49.7 Å². The molecule has 1 heterocycles. The lowest BCUT2D eigenvalue weighted by Gasteiger charge is -2.10. The molecule has 0 fully saturated rings. The number of ether oxygens (including phenoxy) is 3. The summed E-state index contributed by atoms with van der Waals surface area (Å²) in [5.74, 6) is 2.18. The third-order valence-electron chi connectivity index (χ3n) is 3.69. The van der Waals surface area contributed by atoms with Crippen LogP contribution in [0.4, 0.5) is 0 Å². The van der Waals surface area contributed by atoms with E-state index in [1.54, 1.807) is 7.11 Å². The zero-order valence-electron chi connectivity index (χ0n) is 14.2. The number of nitrogens with two attached hydrogens (primary N) is 1. The normalized spacial score (nSPS) is 16.8. The summed E-state index contributed by atoms with van der Waals surface area (Å²) in [4.78, 5) is 4.37. The van der Waals surface area contributed by atoms with Crippen LogP contribution in [0.25, 0.3) is 0 Å². The summed E-state index contributed by atoms with van der Waals surface area (Å²) in [7, 11) is 1.67. The molecule has 23 heavy (non-hydrogen) atoms. The van der Waals surface area contributed by atoms with Crippen molar-refractivity contribution >= 4 is 5.96 Å². The van der Waals surface area contributed by atoms with Gasteiger partial charge in [-0.1, -0.05) is 0 Å². The standard InChI is InChI=1S/C17H27N3O3/c1-4-22-7-5-6-19-17(18)20-11-14-10-16-13(8-12(2)23-16)9-15(14)21-3/h9-10,12H,4-8,11H2,1-3H3,(H3,18,19,20). The fourth-order valence-corrected chi connectivity index (χ4v) is 2.56. The number of hydrogen-bond donors (Lipinski definition) is 2. The van der Waals surface area contributed by atoms with Crippen molar-refractivity contribution in [2.24, 2.45) is 10.7 Å². The number of nitrogens with one attached hydrogen (secondary N) is 1. The molecular weight excluding hydrogens is 294 g/mol. The summed E-state index contributed by atoms with van der Waals surface area (Å²) in [5, 5.41) is 3.08. The van der Waals surface area contributed by atoms with Crippen LogP contribution in [-0.4, -0.2) is 38.9 Å². The number of nitrogens with zero attached hydrogens (tertiary/aromatic N) is 1. The molecule has 0 aromatic heterocycles. The van der Waals surface area contributed by atoms with Gasteiger partial charge in [0, 0.05) is 37.3 Å². The summed E-state index contributed by atoms with van der Waals surface area (Å²) in [5.41, 5.74) is 8.04. The van der Waals surface area contributed by atoms with Gasteiger partial charge in [-0.2, -0.15) is 0 Å². The average Bonchev–Trinajstić information content (AvgIpc) is 2.90. The Morgan fingerprint density at radius 2 is 2.30 bits per heavy atom. The zero-order chi connectivity index (χ0) is 16.7. The Bertz CT molecular complexity index is 546. The van der Waals surface area contributed by atoms with Crippen LogP contribution in [-0.2, 0) is 17.7 Å². The smallest absolute Gasteiger partial charge is 0.188 e. The molecule has 1 aliphatic rings. The predicted octanol–water partition coefficient (Wildman–Crippen LogP) is 1.85. The van der Waals surface area contributed by atoms with E-state index in [-0.39, 0.29) is 6.10 Å². The molecule has 1 aliphatic heterocycles. The van der Waals surface area contributed by atoms with Crippen LogP contribution in [0.15, 0.2) is 17.1 Å². The average molecular weight is 321 g/mol. The number of fused-ring (bicyclic) bond motifs is 1. The Morgan fingerprint density at radius 1 is 1.48 bits per heavy atom. The molecule has 1 unspecified atom stereocenters. The van der Waals surface area contributed by atoms with Crippen molar-refractivity contribution in [3.8, 4) is 11.5 Å². The Labute approximate surface area is 138 Å². The molecule has 0 bridgehead atoms. The number of aliphatic imine (C=N–C) groups is 1. The monoisotopic (exact) mass is 321 g/mol. The number of benzene rings is 1. The van der Waals surface area contributed by atoms with Crippen molar-refractivity contribution in [2.75, 3.05) is 26.9 Å². The minimum absolute atomic E-state index is 0.213. The van der Waals surface area contributed by atoms with Gasteiger partial charge in [-0.25, -0.2) is 4.99 Å². The lowest BCUT2D eigenvalue weighted by Crippen LogP contribution is -2.32. The van der Waals surface area contributed by atoms with Crippen molar-refractivity contribution in [3.63, 3.8) is 0 Å². The maximum absolute atomic E-state index is 5.89. The Kier molecular flexibility index (Phi) is 6.52. The second kappa shape index (κ2) is 8.62. The Hall–Kier alpha value is -1.95. The molecular formula is C17H27N3O3. The maximum Gasteiger partial charge on any atom is 0.188 e. The first kappa shape index (κ1) is 17.4. The number of guanidine groups is 1. The van der Waals surface area contributed by atoms with Gasteiger partial charge < -0.3 is 25.3 Å². The third kappa shape index (κ3) is 5.03. The van der Waals surface area contributed by atoms with Crippen molar-refractivity contribution in [2.45, 2.75) is 39.3 Å². The molecule has 1 aromatic rings. The van der Waals surface area contributed by atoms with Crippen molar-refractivity contribution < 1.29 is 14.2 Å². The highest BCUT2D eigenvalue weighted by molar-refractivity contribution is 5.77. The largest absolute Gasteiger partial charge is 0.496 e. The molecule has 6 nitrogen and oxygen atoms in total. The number of methoxy groups -OCH3 is 1. The SMILES string of the molecule is CCOCCCNC(N)=NCc1cc2c(cc1OC)CC(C)O2. The van der Waals surface area contributed by atoms with Gasteiger partial charge in [-0.05, 0) is 32.4 Å². The van der Waals surface area contributed by atoms with E-state index in [4.69, 9.17) is 19.9 Å². The Morgan fingerprint density at radius 3 is 3.04 bits per heavy atom. The minimum Gasteiger partial charge on any atom is -0.496 e. The summed E-state index contributed by atoms with van der Waals surface area (Å²) in [6.07, 6.45) is 2.03. The van der Waals surface area contributed by atoms with E-state index in [1.807, 2.05) is 19.1 Å². The first-order valence-electron chi connectivity index (χ1n) is 8.12. The lowest BCUT2D eigenvalue weighted by atomic mass is 10.1. The van der Waals surface area contributed by atoms with Gasteiger partial charge in [-0.3, -0.25) is 0 Å². The molecule has 1 aromatic carbocycles. The van der Waals surface area contributed by atoms with Gasteiger partial charge in [0.15, 0.2) is 5.96 Å². The highest BCUT2D eigenvalue weighted by Crippen LogP contribution is 2.35.